The van der Waals surface area contributed by atoms with Crippen molar-refractivity contribution in [2.75, 3.05) is 27.3 Å². The summed E-state index contributed by atoms with van der Waals surface area (Å²) in [5, 5.41) is 6.41. The van der Waals surface area contributed by atoms with Crippen molar-refractivity contribution in [3.8, 4) is 11.5 Å². The Balaban J connectivity index is 2.12. The van der Waals surface area contributed by atoms with Gasteiger partial charge in [-0.15, -0.1) is 0 Å². The molecule has 5 heteroatoms. The molecular weight excluding hydrogens is 280 g/mol. The zero-order chi connectivity index (χ0) is 15.9. The second kappa shape index (κ2) is 8.03. The SMILES string of the molecule is CCCCNC(=O)C[C@@H]1NCCc2cc(OC)c(OC)cc21. The van der Waals surface area contributed by atoms with Gasteiger partial charge in [0.25, 0.3) is 0 Å². The van der Waals surface area contributed by atoms with Gasteiger partial charge in [-0.05, 0) is 42.6 Å². The lowest BCUT2D eigenvalue weighted by Crippen LogP contribution is -2.35. The second-order valence-electron chi connectivity index (χ2n) is 5.57. The highest BCUT2D eigenvalue weighted by Crippen LogP contribution is 2.36. The van der Waals surface area contributed by atoms with Crippen LogP contribution in [0, 0.1) is 0 Å². The molecule has 0 spiro atoms. The molecule has 0 aromatic heterocycles. The summed E-state index contributed by atoms with van der Waals surface area (Å²) >= 11 is 0. The highest BCUT2D eigenvalue weighted by Gasteiger charge is 2.24. The normalized spacial score (nSPS) is 16.8. The van der Waals surface area contributed by atoms with Crippen molar-refractivity contribution in [2.45, 2.75) is 38.6 Å². The molecular formula is C17H26N2O3. The van der Waals surface area contributed by atoms with E-state index >= 15 is 0 Å². The maximum absolute atomic E-state index is 12.1. The molecule has 5 nitrogen and oxygen atoms in total. The molecule has 1 aliphatic rings. The van der Waals surface area contributed by atoms with Crippen molar-refractivity contribution in [1.29, 1.82) is 0 Å². The molecule has 2 rings (SSSR count). The molecule has 1 amide bonds. The van der Waals surface area contributed by atoms with Crippen LogP contribution in [0.4, 0.5) is 0 Å². The number of methoxy groups -OCH3 is 2. The number of hydrogen-bond donors (Lipinski definition) is 2. The van der Waals surface area contributed by atoms with Crippen LogP contribution in [0.1, 0.15) is 43.4 Å². The Morgan fingerprint density at radius 2 is 2.05 bits per heavy atom. The monoisotopic (exact) mass is 306 g/mol. The van der Waals surface area contributed by atoms with Gasteiger partial charge < -0.3 is 20.1 Å². The maximum Gasteiger partial charge on any atom is 0.221 e. The minimum absolute atomic E-state index is 0.0326. The van der Waals surface area contributed by atoms with Crippen LogP contribution < -0.4 is 20.1 Å². The standard InChI is InChI=1S/C17H26N2O3/c1-4-5-7-19-17(20)11-14-13-10-16(22-3)15(21-2)9-12(13)6-8-18-14/h9-10,14,18H,4-8,11H2,1-3H3,(H,19,20)/t14-/m0/s1. The first-order valence-corrected chi connectivity index (χ1v) is 7.94. The lowest BCUT2D eigenvalue weighted by atomic mass is 9.91. The van der Waals surface area contributed by atoms with Gasteiger partial charge in [-0.1, -0.05) is 13.3 Å². The summed E-state index contributed by atoms with van der Waals surface area (Å²) in [7, 11) is 3.27. The van der Waals surface area contributed by atoms with E-state index in [9.17, 15) is 4.79 Å². The van der Waals surface area contributed by atoms with Gasteiger partial charge in [0, 0.05) is 19.0 Å². The van der Waals surface area contributed by atoms with Gasteiger partial charge in [0.05, 0.1) is 14.2 Å². The van der Waals surface area contributed by atoms with Gasteiger partial charge in [0.1, 0.15) is 0 Å². The van der Waals surface area contributed by atoms with E-state index in [1.165, 1.54) is 5.56 Å². The number of benzene rings is 1. The van der Waals surface area contributed by atoms with Crippen molar-refractivity contribution in [3.63, 3.8) is 0 Å². The molecule has 22 heavy (non-hydrogen) atoms. The maximum atomic E-state index is 12.1. The Morgan fingerprint density at radius 3 is 2.73 bits per heavy atom. The molecule has 0 fully saturated rings. The van der Waals surface area contributed by atoms with Gasteiger partial charge in [0.2, 0.25) is 5.91 Å². The lowest BCUT2D eigenvalue weighted by Gasteiger charge is -2.27. The van der Waals surface area contributed by atoms with Crippen LogP contribution in [0.3, 0.4) is 0 Å². The van der Waals surface area contributed by atoms with Crippen LogP contribution >= 0.6 is 0 Å². The van der Waals surface area contributed by atoms with E-state index in [0.717, 1.165) is 43.7 Å². The summed E-state index contributed by atoms with van der Waals surface area (Å²) in [5.41, 5.74) is 2.36. The van der Waals surface area contributed by atoms with E-state index in [1.54, 1.807) is 14.2 Å². The van der Waals surface area contributed by atoms with E-state index < -0.39 is 0 Å². The molecule has 1 aliphatic heterocycles. The van der Waals surface area contributed by atoms with Crippen molar-refractivity contribution in [1.82, 2.24) is 10.6 Å². The zero-order valence-electron chi connectivity index (χ0n) is 13.7. The molecule has 0 bridgehead atoms. The molecule has 2 N–H and O–H groups in total. The Kier molecular flexibility index (Phi) is 6.07. The third-order valence-electron chi connectivity index (χ3n) is 4.05. The highest BCUT2D eigenvalue weighted by atomic mass is 16.5. The Bertz CT molecular complexity index is 517. The number of rotatable bonds is 7. The first-order valence-electron chi connectivity index (χ1n) is 7.94. The number of fused-ring (bicyclic) bond motifs is 1. The smallest absolute Gasteiger partial charge is 0.221 e. The number of unbranched alkanes of at least 4 members (excludes halogenated alkanes) is 1. The van der Waals surface area contributed by atoms with Gasteiger partial charge in [0.15, 0.2) is 11.5 Å². The molecule has 0 radical (unpaired) electrons. The number of hydrogen-bond acceptors (Lipinski definition) is 4. The number of nitrogens with one attached hydrogen (secondary N) is 2. The molecule has 0 aliphatic carbocycles. The van der Waals surface area contributed by atoms with E-state index in [0.29, 0.717) is 12.2 Å². The summed E-state index contributed by atoms with van der Waals surface area (Å²) < 4.78 is 10.7. The average molecular weight is 306 g/mol. The van der Waals surface area contributed by atoms with Crippen molar-refractivity contribution >= 4 is 5.91 Å². The molecule has 1 heterocycles. The molecule has 122 valence electrons. The molecule has 0 saturated carbocycles. The topological polar surface area (TPSA) is 59.6 Å². The minimum atomic E-state index is 0.0326. The van der Waals surface area contributed by atoms with Crippen molar-refractivity contribution in [2.24, 2.45) is 0 Å². The quantitative estimate of drug-likeness (QED) is 0.758. The van der Waals surface area contributed by atoms with Crippen molar-refractivity contribution in [3.05, 3.63) is 23.3 Å². The molecule has 1 aromatic carbocycles. The second-order valence-corrected chi connectivity index (χ2v) is 5.57. The fourth-order valence-electron chi connectivity index (χ4n) is 2.81. The van der Waals surface area contributed by atoms with Crippen LogP contribution in [0.5, 0.6) is 11.5 Å². The third-order valence-corrected chi connectivity index (χ3v) is 4.05. The summed E-state index contributed by atoms with van der Waals surface area (Å²) in [6.45, 7) is 3.74. The van der Waals surface area contributed by atoms with E-state index in [-0.39, 0.29) is 11.9 Å². The Morgan fingerprint density at radius 1 is 1.32 bits per heavy atom. The van der Waals surface area contributed by atoms with Gasteiger partial charge in [-0.3, -0.25) is 4.79 Å². The number of carbonyl (C=O) groups excluding carboxylic acids is 1. The fraction of sp³-hybridized carbons (Fsp3) is 0.588. The Hall–Kier alpha value is -1.75. The fourth-order valence-corrected chi connectivity index (χ4v) is 2.81. The third kappa shape index (κ3) is 3.91. The number of amides is 1. The first-order chi connectivity index (χ1) is 10.7. The summed E-state index contributed by atoms with van der Waals surface area (Å²) in [4.78, 5) is 12.1. The predicted octanol–water partition coefficient (Wildman–Crippen LogP) is 2.20. The predicted molar refractivity (Wildman–Crippen MR) is 86.5 cm³/mol. The highest BCUT2D eigenvalue weighted by molar-refractivity contribution is 5.77. The molecule has 0 saturated heterocycles. The molecule has 0 unspecified atom stereocenters. The lowest BCUT2D eigenvalue weighted by molar-refractivity contribution is -0.121. The van der Waals surface area contributed by atoms with Crippen LogP contribution in [0.2, 0.25) is 0 Å². The van der Waals surface area contributed by atoms with Crippen LogP contribution in [0.15, 0.2) is 12.1 Å². The summed E-state index contributed by atoms with van der Waals surface area (Å²) in [5.74, 6) is 1.55. The molecule has 1 aromatic rings. The van der Waals surface area contributed by atoms with Gasteiger partial charge in [-0.2, -0.15) is 0 Å². The van der Waals surface area contributed by atoms with E-state index in [2.05, 4.69) is 17.6 Å². The van der Waals surface area contributed by atoms with Gasteiger partial charge >= 0.3 is 0 Å². The van der Waals surface area contributed by atoms with Crippen LogP contribution in [-0.4, -0.2) is 33.2 Å². The minimum Gasteiger partial charge on any atom is -0.493 e. The molecule has 1 atom stereocenters. The average Bonchev–Trinajstić information content (AvgIpc) is 2.54. The van der Waals surface area contributed by atoms with E-state index in [4.69, 9.17) is 9.47 Å². The van der Waals surface area contributed by atoms with Crippen molar-refractivity contribution < 1.29 is 14.3 Å². The number of carbonyl (C=O) groups is 1. The zero-order valence-corrected chi connectivity index (χ0v) is 13.7. The number of ether oxygens (including phenoxy) is 2. The first kappa shape index (κ1) is 16.6. The summed E-state index contributed by atoms with van der Waals surface area (Å²) in [6.07, 6.45) is 3.49. The summed E-state index contributed by atoms with van der Waals surface area (Å²) in [6, 6.07) is 4.05. The van der Waals surface area contributed by atoms with Crippen LogP contribution in [0.25, 0.3) is 0 Å². The Labute approximate surface area is 132 Å². The van der Waals surface area contributed by atoms with Crippen LogP contribution in [-0.2, 0) is 11.2 Å². The largest absolute Gasteiger partial charge is 0.493 e. The van der Waals surface area contributed by atoms with Gasteiger partial charge in [-0.25, -0.2) is 0 Å². The van der Waals surface area contributed by atoms with E-state index in [1.807, 2.05) is 12.1 Å².